The fourth-order valence-electron chi connectivity index (χ4n) is 4.53. The highest BCUT2D eigenvalue weighted by Crippen LogP contribution is 2.29. The number of halogens is 2. The first-order chi connectivity index (χ1) is 17.4. The van der Waals surface area contributed by atoms with Crippen molar-refractivity contribution in [3.8, 4) is 5.69 Å². The molecular weight excluding hydrogens is 468 g/mol. The van der Waals surface area contributed by atoms with Crippen LogP contribution in [0.15, 0.2) is 43.0 Å². The van der Waals surface area contributed by atoms with Crippen LogP contribution in [-0.2, 0) is 11.3 Å². The van der Waals surface area contributed by atoms with Gasteiger partial charge in [0.15, 0.2) is 0 Å². The van der Waals surface area contributed by atoms with Crippen LogP contribution in [0.5, 0.6) is 0 Å². The van der Waals surface area contributed by atoms with Gasteiger partial charge in [0.1, 0.15) is 18.0 Å². The number of carbonyl (C=O) groups excluding carboxylic acids is 1. The van der Waals surface area contributed by atoms with Crippen molar-refractivity contribution in [2.45, 2.75) is 39.2 Å². The van der Waals surface area contributed by atoms with Crippen LogP contribution in [0.3, 0.4) is 0 Å². The Labute approximate surface area is 206 Å². The molecule has 0 aliphatic carbocycles. The minimum Gasteiger partial charge on any atom is -0.449 e. The van der Waals surface area contributed by atoms with Crippen molar-refractivity contribution in [2.75, 3.05) is 19.7 Å². The molecule has 3 aromatic heterocycles. The Kier molecular flexibility index (Phi) is 6.62. The van der Waals surface area contributed by atoms with Crippen LogP contribution in [-0.4, -0.2) is 60.4 Å². The van der Waals surface area contributed by atoms with Gasteiger partial charge in [0.05, 0.1) is 30.0 Å². The number of fused-ring (bicyclic) bond motifs is 1. The molecule has 1 aliphatic rings. The Balaban J connectivity index is 1.27. The first-order valence-corrected chi connectivity index (χ1v) is 12.0. The van der Waals surface area contributed by atoms with Crippen LogP contribution in [0.1, 0.15) is 43.9 Å². The summed E-state index contributed by atoms with van der Waals surface area (Å²) in [5.41, 5.74) is 1.89. The first kappa shape index (κ1) is 23.8. The number of ether oxygens (including phenoxy) is 1. The number of carbonyl (C=O) groups is 1. The van der Waals surface area contributed by atoms with Crippen molar-refractivity contribution >= 4 is 17.0 Å². The van der Waals surface area contributed by atoms with E-state index in [0.717, 1.165) is 5.56 Å². The molecule has 188 valence electrons. The molecule has 5 rings (SSSR count). The second kappa shape index (κ2) is 10.00. The maximum atomic E-state index is 15.0. The maximum Gasteiger partial charge on any atom is 0.409 e. The Hall–Kier alpha value is -3.89. The molecule has 4 heterocycles. The van der Waals surface area contributed by atoms with Gasteiger partial charge in [-0.2, -0.15) is 0 Å². The molecule has 36 heavy (non-hydrogen) atoms. The van der Waals surface area contributed by atoms with Crippen molar-refractivity contribution in [2.24, 2.45) is 5.92 Å². The van der Waals surface area contributed by atoms with Crippen LogP contribution in [0.25, 0.3) is 16.6 Å². The van der Waals surface area contributed by atoms with E-state index >= 15 is 4.39 Å². The summed E-state index contributed by atoms with van der Waals surface area (Å²) in [6.07, 6.45) is 5.93. The summed E-state index contributed by atoms with van der Waals surface area (Å²) in [5.74, 6) is -0.489. The third-order valence-electron chi connectivity index (χ3n) is 6.44. The molecule has 0 spiro atoms. The summed E-state index contributed by atoms with van der Waals surface area (Å²) in [4.78, 5) is 18.3. The molecule has 1 fully saturated rings. The average Bonchev–Trinajstić information content (AvgIpc) is 3.55. The molecule has 0 atom stereocenters. The van der Waals surface area contributed by atoms with Crippen molar-refractivity contribution in [1.29, 1.82) is 0 Å². The van der Waals surface area contributed by atoms with Gasteiger partial charge < -0.3 is 14.2 Å². The van der Waals surface area contributed by atoms with E-state index in [1.54, 1.807) is 34.0 Å². The van der Waals surface area contributed by atoms with Crippen molar-refractivity contribution in [3.63, 3.8) is 0 Å². The third-order valence-corrected chi connectivity index (χ3v) is 6.44. The number of piperidine rings is 1. The van der Waals surface area contributed by atoms with Crippen LogP contribution in [0, 0.1) is 17.6 Å². The molecule has 0 unspecified atom stereocenters. The number of benzene rings is 1. The lowest BCUT2D eigenvalue weighted by molar-refractivity contribution is 0.0834. The van der Waals surface area contributed by atoms with Crippen LogP contribution in [0.4, 0.5) is 13.6 Å². The van der Waals surface area contributed by atoms with Crippen LogP contribution < -0.4 is 0 Å². The van der Waals surface area contributed by atoms with Gasteiger partial charge in [-0.05, 0) is 58.9 Å². The molecule has 1 aromatic carbocycles. The van der Waals surface area contributed by atoms with Gasteiger partial charge >= 0.3 is 6.09 Å². The zero-order valence-electron chi connectivity index (χ0n) is 20.1. The number of aromatic nitrogens is 6. The van der Waals surface area contributed by atoms with Gasteiger partial charge in [-0.1, -0.05) is 13.8 Å². The lowest BCUT2D eigenvalue weighted by Gasteiger charge is -2.31. The lowest BCUT2D eigenvalue weighted by atomic mass is 9.90. The van der Waals surface area contributed by atoms with E-state index < -0.39 is 11.6 Å². The van der Waals surface area contributed by atoms with Crippen molar-refractivity contribution in [1.82, 2.24) is 34.7 Å². The van der Waals surface area contributed by atoms with Crippen molar-refractivity contribution < 1.29 is 18.3 Å². The number of hydrogen-bond acceptors (Lipinski definition) is 6. The Bertz CT molecular complexity index is 1360. The number of amides is 1. The summed E-state index contributed by atoms with van der Waals surface area (Å²) in [6, 6.07) is 6.38. The number of pyridine rings is 1. The molecule has 0 N–H and O–H groups in total. The second-order valence-electron chi connectivity index (χ2n) is 9.49. The minimum atomic E-state index is -0.460. The highest BCUT2D eigenvalue weighted by molar-refractivity contribution is 5.83. The molecule has 11 heteroatoms. The largest absolute Gasteiger partial charge is 0.449 e. The van der Waals surface area contributed by atoms with Gasteiger partial charge in [-0.15, -0.1) is 5.10 Å². The maximum absolute atomic E-state index is 15.0. The predicted octanol–water partition coefficient (Wildman–Crippen LogP) is 4.31. The first-order valence-electron chi connectivity index (χ1n) is 12.0. The zero-order chi connectivity index (χ0) is 25.2. The highest BCUT2D eigenvalue weighted by Gasteiger charge is 2.26. The Morgan fingerprint density at radius 1 is 1.17 bits per heavy atom. The smallest absolute Gasteiger partial charge is 0.409 e. The van der Waals surface area contributed by atoms with Gasteiger partial charge in [0.2, 0.25) is 0 Å². The normalized spacial score (nSPS) is 14.6. The molecule has 1 saturated heterocycles. The van der Waals surface area contributed by atoms with E-state index in [2.05, 4.69) is 20.5 Å². The molecule has 1 amide bonds. The molecule has 0 saturated carbocycles. The Morgan fingerprint density at radius 2 is 1.97 bits per heavy atom. The highest BCUT2D eigenvalue weighted by atomic mass is 19.1. The van der Waals surface area contributed by atoms with Crippen LogP contribution >= 0.6 is 0 Å². The minimum absolute atomic E-state index is 0.0941. The SMILES string of the molecule is CC(C)COC(=O)N1CCC(c2cnc(Cn3ccc4cc(-n5cnnn5)cc(F)c43)c(F)c2)CC1. The summed E-state index contributed by atoms with van der Waals surface area (Å²) >= 11 is 0. The van der Waals surface area contributed by atoms with Gasteiger partial charge in [0, 0.05) is 36.9 Å². The number of nitrogens with zero attached hydrogens (tertiary/aromatic N) is 7. The summed E-state index contributed by atoms with van der Waals surface area (Å²) in [6.45, 7) is 5.61. The van der Waals surface area contributed by atoms with E-state index in [0.29, 0.717) is 49.1 Å². The van der Waals surface area contributed by atoms with Gasteiger partial charge in [-0.3, -0.25) is 4.98 Å². The lowest BCUT2D eigenvalue weighted by Crippen LogP contribution is -2.38. The average molecular weight is 496 g/mol. The molecule has 0 bridgehead atoms. The zero-order valence-corrected chi connectivity index (χ0v) is 20.1. The number of hydrogen-bond donors (Lipinski definition) is 0. The topological polar surface area (TPSA) is 91.0 Å². The molecule has 0 radical (unpaired) electrons. The molecule has 1 aliphatic heterocycles. The van der Waals surface area contributed by atoms with Crippen LogP contribution in [0.2, 0.25) is 0 Å². The van der Waals surface area contributed by atoms with E-state index in [9.17, 15) is 9.18 Å². The van der Waals surface area contributed by atoms with E-state index in [1.165, 1.54) is 23.1 Å². The summed E-state index contributed by atoms with van der Waals surface area (Å²) in [7, 11) is 0. The monoisotopic (exact) mass is 495 g/mol. The number of tetrazole rings is 1. The Morgan fingerprint density at radius 3 is 2.67 bits per heavy atom. The fourth-order valence-corrected chi connectivity index (χ4v) is 4.53. The van der Waals surface area contributed by atoms with Gasteiger partial charge in [-0.25, -0.2) is 18.3 Å². The molecule has 9 nitrogen and oxygen atoms in total. The van der Waals surface area contributed by atoms with E-state index in [1.807, 2.05) is 13.8 Å². The van der Waals surface area contributed by atoms with E-state index in [-0.39, 0.29) is 30.2 Å². The molecule has 4 aromatic rings. The van der Waals surface area contributed by atoms with Crippen molar-refractivity contribution in [3.05, 3.63) is 65.9 Å². The number of likely N-dealkylation sites (tertiary alicyclic amines) is 1. The summed E-state index contributed by atoms with van der Waals surface area (Å²) in [5, 5.41) is 11.6. The standard InChI is InChI=1S/C25H27F2N7O2/c1-16(2)14-36-25(35)32-6-3-17(4-7-32)19-10-21(26)23(28-12-19)13-33-8-5-18-9-20(11-22(27)24(18)33)34-15-29-30-31-34/h5,8-12,15-17H,3-4,6-7,13-14H2,1-2H3. The van der Waals surface area contributed by atoms with Gasteiger partial charge in [0.25, 0.3) is 0 Å². The quantitative estimate of drug-likeness (QED) is 0.396. The fraction of sp³-hybridized carbons (Fsp3) is 0.400. The van der Waals surface area contributed by atoms with E-state index in [4.69, 9.17) is 4.74 Å². The summed E-state index contributed by atoms with van der Waals surface area (Å²) < 4.78 is 38.3. The second-order valence-corrected chi connectivity index (χ2v) is 9.49. The molecular formula is C25H27F2N7O2. The third kappa shape index (κ3) is 4.91. The number of rotatable bonds is 6. The predicted molar refractivity (Wildman–Crippen MR) is 128 cm³/mol.